The number of rotatable bonds is 7. The van der Waals surface area contributed by atoms with E-state index in [1.807, 2.05) is 6.07 Å². The van der Waals surface area contributed by atoms with Gasteiger partial charge < -0.3 is 15.5 Å². The highest BCUT2D eigenvalue weighted by Gasteiger charge is 2.17. The van der Waals surface area contributed by atoms with Gasteiger partial charge in [0.05, 0.1) is 6.54 Å². The van der Waals surface area contributed by atoms with Crippen LogP contribution in [0.3, 0.4) is 0 Å². The van der Waals surface area contributed by atoms with Gasteiger partial charge in [-0.3, -0.25) is 0 Å². The summed E-state index contributed by atoms with van der Waals surface area (Å²) >= 11 is 0. The van der Waals surface area contributed by atoms with Crippen LogP contribution < -0.4 is 10.6 Å². The number of piperidine rings is 1. The van der Waals surface area contributed by atoms with Gasteiger partial charge in [-0.05, 0) is 57.3 Å². The second-order valence-electron chi connectivity index (χ2n) is 6.27. The topological polar surface area (TPSA) is 39.7 Å². The second kappa shape index (κ2) is 10.3. The summed E-state index contributed by atoms with van der Waals surface area (Å²) in [5, 5.41) is 6.83. The quantitative estimate of drug-likeness (QED) is 0.600. The third-order valence-electron chi connectivity index (χ3n) is 4.61. The monoisotopic (exact) mass is 316 g/mol. The van der Waals surface area contributed by atoms with Crippen molar-refractivity contribution in [3.05, 3.63) is 35.9 Å². The molecule has 0 spiro atoms. The molecule has 2 rings (SSSR count). The molecule has 0 atom stereocenters. The number of benzene rings is 1. The van der Waals surface area contributed by atoms with Crippen molar-refractivity contribution in [1.82, 2.24) is 15.5 Å². The van der Waals surface area contributed by atoms with Gasteiger partial charge in [0.25, 0.3) is 0 Å². The lowest BCUT2D eigenvalue weighted by Gasteiger charge is -2.31. The van der Waals surface area contributed by atoms with Crippen LogP contribution in [-0.4, -0.2) is 43.6 Å². The predicted octanol–water partition coefficient (Wildman–Crippen LogP) is 2.86. The summed E-state index contributed by atoms with van der Waals surface area (Å²) in [6.45, 7) is 10.7. The lowest BCUT2D eigenvalue weighted by atomic mass is 9.93. The minimum atomic E-state index is 0.727. The van der Waals surface area contributed by atoms with E-state index in [1.165, 1.54) is 44.5 Å². The normalized spacial score (nSPS) is 17.2. The van der Waals surface area contributed by atoms with E-state index in [-0.39, 0.29) is 0 Å². The third kappa shape index (κ3) is 6.61. The number of aliphatic imine (C=N–C) groups is 1. The number of likely N-dealkylation sites (tertiary alicyclic amines) is 1. The van der Waals surface area contributed by atoms with Crippen LogP contribution in [-0.2, 0) is 6.54 Å². The molecule has 1 fully saturated rings. The van der Waals surface area contributed by atoms with Gasteiger partial charge in [-0.1, -0.05) is 37.3 Å². The molecule has 0 bridgehead atoms. The molecule has 0 radical (unpaired) electrons. The number of nitrogens with one attached hydrogen (secondary N) is 2. The minimum absolute atomic E-state index is 0.727. The second-order valence-corrected chi connectivity index (χ2v) is 6.27. The van der Waals surface area contributed by atoms with Gasteiger partial charge in [0, 0.05) is 13.1 Å². The molecule has 0 unspecified atom stereocenters. The van der Waals surface area contributed by atoms with E-state index >= 15 is 0 Å². The van der Waals surface area contributed by atoms with Crippen LogP contribution in [0.1, 0.15) is 38.7 Å². The van der Waals surface area contributed by atoms with E-state index in [4.69, 9.17) is 0 Å². The van der Waals surface area contributed by atoms with Crippen molar-refractivity contribution in [2.24, 2.45) is 10.9 Å². The maximum atomic E-state index is 4.68. The summed E-state index contributed by atoms with van der Waals surface area (Å²) in [5.74, 6) is 1.80. The lowest BCUT2D eigenvalue weighted by Crippen LogP contribution is -2.39. The molecule has 1 aliphatic heterocycles. The molecular weight excluding hydrogens is 284 g/mol. The van der Waals surface area contributed by atoms with E-state index < -0.39 is 0 Å². The molecular formula is C19H32N4. The first-order valence-corrected chi connectivity index (χ1v) is 9.10. The zero-order valence-electron chi connectivity index (χ0n) is 14.7. The Morgan fingerprint density at radius 2 is 1.87 bits per heavy atom. The maximum absolute atomic E-state index is 4.68. The first kappa shape index (κ1) is 17.8. The summed E-state index contributed by atoms with van der Waals surface area (Å²) in [6, 6.07) is 10.4. The number of hydrogen-bond donors (Lipinski definition) is 2. The van der Waals surface area contributed by atoms with E-state index in [0.29, 0.717) is 0 Å². The van der Waals surface area contributed by atoms with Gasteiger partial charge in [0.2, 0.25) is 0 Å². The Hall–Kier alpha value is -1.55. The molecule has 1 saturated heterocycles. The van der Waals surface area contributed by atoms with Crippen molar-refractivity contribution < 1.29 is 0 Å². The molecule has 4 heteroatoms. The molecule has 0 saturated carbocycles. The number of guanidine groups is 1. The number of hydrogen-bond acceptors (Lipinski definition) is 2. The molecule has 1 aromatic rings. The molecule has 128 valence electrons. The first-order valence-electron chi connectivity index (χ1n) is 9.10. The fourth-order valence-corrected chi connectivity index (χ4v) is 3.08. The average molecular weight is 316 g/mol. The summed E-state index contributed by atoms with van der Waals surface area (Å²) in [4.78, 5) is 7.23. The summed E-state index contributed by atoms with van der Waals surface area (Å²) in [6.07, 6.45) is 3.92. The van der Waals surface area contributed by atoms with Gasteiger partial charge in [-0.25, -0.2) is 4.99 Å². The standard InChI is InChI=1S/C19H32N4/c1-3-20-19(22-16-18-8-6-5-7-9-18)21-13-10-17-11-14-23(4-2)15-12-17/h5-9,17H,3-4,10-16H2,1-2H3,(H2,20,21,22). The zero-order valence-corrected chi connectivity index (χ0v) is 14.7. The van der Waals surface area contributed by atoms with Gasteiger partial charge in [0.15, 0.2) is 5.96 Å². The summed E-state index contributed by atoms with van der Waals surface area (Å²) in [5.41, 5.74) is 1.25. The Balaban J connectivity index is 1.72. The Labute approximate surface area is 141 Å². The van der Waals surface area contributed by atoms with Crippen LogP contribution in [0.4, 0.5) is 0 Å². The van der Waals surface area contributed by atoms with Gasteiger partial charge >= 0.3 is 0 Å². The van der Waals surface area contributed by atoms with Gasteiger partial charge in [-0.2, -0.15) is 0 Å². The van der Waals surface area contributed by atoms with Gasteiger partial charge in [0.1, 0.15) is 0 Å². The maximum Gasteiger partial charge on any atom is 0.191 e. The van der Waals surface area contributed by atoms with E-state index in [1.54, 1.807) is 0 Å². The molecule has 1 aromatic carbocycles. The van der Waals surface area contributed by atoms with Crippen molar-refractivity contribution in [3.8, 4) is 0 Å². The fourth-order valence-electron chi connectivity index (χ4n) is 3.08. The van der Waals surface area contributed by atoms with Crippen LogP contribution in [0, 0.1) is 5.92 Å². The van der Waals surface area contributed by atoms with Crippen molar-refractivity contribution >= 4 is 5.96 Å². The Morgan fingerprint density at radius 1 is 1.13 bits per heavy atom. The first-order chi connectivity index (χ1) is 11.3. The van der Waals surface area contributed by atoms with E-state index in [9.17, 15) is 0 Å². The Bertz CT molecular complexity index is 450. The Morgan fingerprint density at radius 3 is 2.52 bits per heavy atom. The van der Waals surface area contributed by atoms with Crippen LogP contribution in [0.25, 0.3) is 0 Å². The van der Waals surface area contributed by atoms with Crippen molar-refractivity contribution in [2.45, 2.75) is 39.7 Å². The molecule has 1 aliphatic rings. The molecule has 1 heterocycles. The average Bonchev–Trinajstić information content (AvgIpc) is 2.61. The minimum Gasteiger partial charge on any atom is -0.357 e. The van der Waals surface area contributed by atoms with Crippen molar-refractivity contribution in [1.29, 1.82) is 0 Å². The molecule has 4 nitrogen and oxygen atoms in total. The highest BCUT2D eigenvalue weighted by molar-refractivity contribution is 5.79. The number of nitrogens with zero attached hydrogens (tertiary/aromatic N) is 2. The van der Waals surface area contributed by atoms with Crippen molar-refractivity contribution in [3.63, 3.8) is 0 Å². The van der Waals surface area contributed by atoms with E-state index in [0.717, 1.165) is 31.5 Å². The predicted molar refractivity (Wildman–Crippen MR) is 98.7 cm³/mol. The highest BCUT2D eigenvalue weighted by Crippen LogP contribution is 2.19. The highest BCUT2D eigenvalue weighted by atomic mass is 15.2. The molecule has 0 amide bonds. The SMILES string of the molecule is CCNC(=NCc1ccccc1)NCCC1CCN(CC)CC1. The Kier molecular flexibility index (Phi) is 7.95. The smallest absolute Gasteiger partial charge is 0.191 e. The van der Waals surface area contributed by atoms with Crippen LogP contribution in [0.5, 0.6) is 0 Å². The third-order valence-corrected chi connectivity index (χ3v) is 4.61. The van der Waals surface area contributed by atoms with Crippen LogP contribution >= 0.6 is 0 Å². The molecule has 2 N–H and O–H groups in total. The molecule has 0 aliphatic carbocycles. The van der Waals surface area contributed by atoms with Crippen LogP contribution in [0.15, 0.2) is 35.3 Å². The zero-order chi connectivity index (χ0) is 16.3. The van der Waals surface area contributed by atoms with Crippen molar-refractivity contribution in [2.75, 3.05) is 32.7 Å². The largest absolute Gasteiger partial charge is 0.357 e. The summed E-state index contributed by atoms with van der Waals surface area (Å²) < 4.78 is 0. The van der Waals surface area contributed by atoms with E-state index in [2.05, 4.69) is 58.6 Å². The summed E-state index contributed by atoms with van der Waals surface area (Å²) in [7, 11) is 0. The molecule has 0 aromatic heterocycles. The lowest BCUT2D eigenvalue weighted by molar-refractivity contribution is 0.187. The van der Waals surface area contributed by atoms with Gasteiger partial charge in [-0.15, -0.1) is 0 Å². The van der Waals surface area contributed by atoms with Crippen LogP contribution in [0.2, 0.25) is 0 Å². The fraction of sp³-hybridized carbons (Fsp3) is 0.632. The molecule has 23 heavy (non-hydrogen) atoms.